The Labute approximate surface area is 193 Å². The Kier molecular flexibility index (Phi) is 5.37. The molecule has 5 heteroatoms. The van der Waals surface area contributed by atoms with E-state index in [1.807, 2.05) is 11.3 Å². The van der Waals surface area contributed by atoms with Crippen LogP contribution >= 0.6 is 11.3 Å². The van der Waals surface area contributed by atoms with E-state index < -0.39 is 0 Å². The van der Waals surface area contributed by atoms with Gasteiger partial charge in [-0.2, -0.15) is 0 Å². The largest absolute Gasteiger partial charge is 0.353 e. The predicted octanol–water partition coefficient (Wildman–Crippen LogP) is 5.48. The molecule has 0 radical (unpaired) electrons. The van der Waals surface area contributed by atoms with Gasteiger partial charge in [0, 0.05) is 31.1 Å². The zero-order chi connectivity index (χ0) is 21.3. The number of hydrogen-bond donors (Lipinski definition) is 0. The van der Waals surface area contributed by atoms with Crippen molar-refractivity contribution in [2.75, 3.05) is 31.1 Å². The first-order valence-electron chi connectivity index (χ1n) is 11.7. The Balaban J connectivity index is 1.28. The molecule has 0 atom stereocenters. The van der Waals surface area contributed by atoms with Crippen molar-refractivity contribution in [1.29, 1.82) is 0 Å². The van der Waals surface area contributed by atoms with Gasteiger partial charge in [0.05, 0.1) is 11.4 Å². The lowest BCUT2D eigenvalue weighted by Crippen LogP contribution is -2.48. The van der Waals surface area contributed by atoms with Crippen molar-refractivity contribution in [3.63, 3.8) is 0 Å². The summed E-state index contributed by atoms with van der Waals surface area (Å²) in [5.74, 6) is 1.16. The highest BCUT2D eigenvalue weighted by Crippen LogP contribution is 2.40. The minimum atomic E-state index is 0.291. The first-order chi connectivity index (χ1) is 15.9. The zero-order valence-corrected chi connectivity index (χ0v) is 19.1. The zero-order valence-electron chi connectivity index (χ0n) is 18.3. The normalized spacial score (nSPS) is 17.1. The fraction of sp³-hybridized carbons (Fsp3) is 0.333. The van der Waals surface area contributed by atoms with Crippen LogP contribution in [-0.2, 0) is 12.8 Å². The fourth-order valence-electron chi connectivity index (χ4n) is 5.39. The number of benzene rings is 2. The van der Waals surface area contributed by atoms with Gasteiger partial charge in [0.25, 0.3) is 0 Å². The average Bonchev–Trinajstić information content (AvgIpc) is 3.25. The maximum atomic E-state index is 4.80. The van der Waals surface area contributed by atoms with Crippen LogP contribution in [0.25, 0.3) is 10.2 Å². The third-order valence-electron chi connectivity index (χ3n) is 6.94. The van der Waals surface area contributed by atoms with Crippen LogP contribution in [0.15, 0.2) is 67.0 Å². The number of rotatable bonds is 4. The van der Waals surface area contributed by atoms with Gasteiger partial charge >= 0.3 is 0 Å². The second kappa shape index (κ2) is 8.64. The van der Waals surface area contributed by atoms with Gasteiger partial charge in [-0.3, -0.25) is 4.90 Å². The number of nitrogens with zero attached hydrogens (tertiary/aromatic N) is 4. The Morgan fingerprint density at radius 1 is 0.750 bits per heavy atom. The van der Waals surface area contributed by atoms with Crippen molar-refractivity contribution in [2.45, 2.75) is 31.7 Å². The molecule has 32 heavy (non-hydrogen) atoms. The highest BCUT2D eigenvalue weighted by atomic mass is 32.1. The standard InChI is InChI=1S/C27H28N4S/c1-3-9-20(10-4-1)25(21-11-5-2-6-12-21)30-15-17-31(18-16-30)26-24-22-13-7-8-14-23(22)32-27(24)29-19-28-26/h1-6,9-12,19,25H,7-8,13-18H2. The van der Waals surface area contributed by atoms with Crippen molar-refractivity contribution >= 4 is 27.4 Å². The number of fused-ring (bicyclic) bond motifs is 3. The van der Waals surface area contributed by atoms with E-state index in [0.29, 0.717) is 6.04 Å². The molecule has 0 N–H and O–H groups in total. The maximum absolute atomic E-state index is 4.80. The minimum absolute atomic E-state index is 0.291. The molecular weight excluding hydrogens is 412 g/mol. The van der Waals surface area contributed by atoms with Gasteiger partial charge in [0.15, 0.2) is 0 Å². The summed E-state index contributed by atoms with van der Waals surface area (Å²) in [6.45, 7) is 4.03. The Morgan fingerprint density at radius 3 is 2.09 bits per heavy atom. The summed E-state index contributed by atoms with van der Waals surface area (Å²) in [6, 6.07) is 22.1. The smallest absolute Gasteiger partial charge is 0.141 e. The Bertz CT molecular complexity index is 1160. The molecule has 0 spiro atoms. The van der Waals surface area contributed by atoms with Crippen LogP contribution in [-0.4, -0.2) is 41.0 Å². The first-order valence-corrected chi connectivity index (χ1v) is 12.5. The number of thiophene rings is 1. The van der Waals surface area contributed by atoms with E-state index in [1.165, 1.54) is 52.6 Å². The summed E-state index contributed by atoms with van der Waals surface area (Å²) < 4.78 is 0. The Morgan fingerprint density at radius 2 is 1.41 bits per heavy atom. The molecule has 2 aromatic heterocycles. The van der Waals surface area contributed by atoms with Crippen molar-refractivity contribution in [1.82, 2.24) is 14.9 Å². The van der Waals surface area contributed by atoms with Crippen molar-refractivity contribution in [2.24, 2.45) is 0 Å². The van der Waals surface area contributed by atoms with E-state index in [9.17, 15) is 0 Å². The van der Waals surface area contributed by atoms with E-state index in [4.69, 9.17) is 4.98 Å². The molecule has 1 aliphatic carbocycles. The van der Waals surface area contributed by atoms with Gasteiger partial charge in [0.1, 0.15) is 17.0 Å². The molecule has 0 unspecified atom stereocenters. The molecule has 2 aromatic carbocycles. The van der Waals surface area contributed by atoms with Crippen LogP contribution in [0.4, 0.5) is 5.82 Å². The molecule has 4 nitrogen and oxygen atoms in total. The van der Waals surface area contributed by atoms with E-state index in [1.54, 1.807) is 11.2 Å². The van der Waals surface area contributed by atoms with Crippen molar-refractivity contribution in [3.05, 3.63) is 88.6 Å². The quantitative estimate of drug-likeness (QED) is 0.421. The minimum Gasteiger partial charge on any atom is -0.353 e. The molecule has 0 amide bonds. The third kappa shape index (κ3) is 3.59. The van der Waals surface area contributed by atoms with Gasteiger partial charge in [-0.05, 0) is 42.4 Å². The van der Waals surface area contributed by atoms with Crippen LogP contribution in [0.3, 0.4) is 0 Å². The number of anilines is 1. The van der Waals surface area contributed by atoms with E-state index in [-0.39, 0.29) is 0 Å². The molecule has 0 bridgehead atoms. The van der Waals surface area contributed by atoms with Gasteiger partial charge < -0.3 is 4.90 Å². The van der Waals surface area contributed by atoms with Crippen LogP contribution in [0.1, 0.15) is 40.5 Å². The molecule has 1 aliphatic heterocycles. The molecule has 0 saturated carbocycles. The van der Waals surface area contributed by atoms with Crippen LogP contribution in [0.5, 0.6) is 0 Å². The number of aromatic nitrogens is 2. The SMILES string of the molecule is c1ccc(C(c2ccccc2)N2CCN(c3ncnc4sc5c(c34)CCCC5)CC2)cc1. The lowest BCUT2D eigenvalue weighted by molar-refractivity contribution is 0.212. The molecule has 2 aliphatic rings. The molecule has 1 fully saturated rings. The number of hydrogen-bond acceptors (Lipinski definition) is 5. The summed E-state index contributed by atoms with van der Waals surface area (Å²) in [5.41, 5.74) is 4.26. The highest BCUT2D eigenvalue weighted by molar-refractivity contribution is 7.19. The molecule has 162 valence electrons. The second-order valence-electron chi connectivity index (χ2n) is 8.84. The van der Waals surface area contributed by atoms with E-state index in [0.717, 1.165) is 32.0 Å². The maximum Gasteiger partial charge on any atom is 0.141 e. The van der Waals surface area contributed by atoms with Gasteiger partial charge in [0.2, 0.25) is 0 Å². The first kappa shape index (κ1) is 19.9. The van der Waals surface area contributed by atoms with Crippen molar-refractivity contribution < 1.29 is 0 Å². The van der Waals surface area contributed by atoms with Crippen LogP contribution in [0, 0.1) is 0 Å². The molecule has 6 rings (SSSR count). The van der Waals surface area contributed by atoms with Crippen molar-refractivity contribution in [3.8, 4) is 0 Å². The van der Waals surface area contributed by atoms with Gasteiger partial charge in [-0.1, -0.05) is 60.7 Å². The average molecular weight is 441 g/mol. The monoisotopic (exact) mass is 440 g/mol. The number of aryl methyl sites for hydroxylation is 2. The molecule has 3 heterocycles. The summed E-state index contributed by atoms with van der Waals surface area (Å²) in [5, 5.41) is 1.34. The van der Waals surface area contributed by atoms with E-state index in [2.05, 4.69) is 75.4 Å². The molecule has 4 aromatic rings. The molecule has 1 saturated heterocycles. The summed E-state index contributed by atoms with van der Waals surface area (Å²) in [6.07, 6.45) is 6.75. The lowest BCUT2D eigenvalue weighted by Gasteiger charge is -2.40. The van der Waals surface area contributed by atoms with Crippen LogP contribution < -0.4 is 4.90 Å². The third-order valence-corrected chi connectivity index (χ3v) is 8.14. The second-order valence-corrected chi connectivity index (χ2v) is 9.92. The van der Waals surface area contributed by atoms with Gasteiger partial charge in [-0.25, -0.2) is 9.97 Å². The lowest BCUT2D eigenvalue weighted by atomic mass is 9.96. The fourth-order valence-corrected chi connectivity index (χ4v) is 6.61. The van der Waals surface area contributed by atoms with Gasteiger partial charge in [-0.15, -0.1) is 11.3 Å². The summed E-state index contributed by atoms with van der Waals surface area (Å²) >= 11 is 1.89. The number of piperazine rings is 1. The summed E-state index contributed by atoms with van der Waals surface area (Å²) in [4.78, 5) is 17.3. The van der Waals surface area contributed by atoms with Crippen LogP contribution in [0.2, 0.25) is 0 Å². The Hall–Kier alpha value is -2.76. The molecular formula is C27H28N4S. The highest BCUT2D eigenvalue weighted by Gasteiger charge is 2.29. The topological polar surface area (TPSA) is 32.3 Å². The summed E-state index contributed by atoms with van der Waals surface area (Å²) in [7, 11) is 0. The predicted molar refractivity (Wildman–Crippen MR) is 133 cm³/mol. The van der Waals surface area contributed by atoms with E-state index >= 15 is 0 Å².